The Bertz CT molecular complexity index is 372. The van der Waals surface area contributed by atoms with Gasteiger partial charge in [-0.05, 0) is 34.1 Å². The molecule has 0 aromatic heterocycles. The molecule has 0 aromatic carbocycles. The summed E-state index contributed by atoms with van der Waals surface area (Å²) in [5.41, 5.74) is -5.63. The molecule has 0 fully saturated rings. The number of carbonyl (C=O) groups is 2. The quantitative estimate of drug-likeness (QED) is 0.634. The van der Waals surface area contributed by atoms with E-state index in [4.69, 9.17) is 0 Å². The first-order valence-electron chi connectivity index (χ1n) is 5.99. The summed E-state index contributed by atoms with van der Waals surface area (Å²) in [5.74, 6) is -4.19. The van der Waals surface area contributed by atoms with Crippen molar-refractivity contribution in [2.75, 3.05) is 0 Å². The Kier molecular flexibility index (Phi) is 5.59. The Labute approximate surface area is 115 Å². The summed E-state index contributed by atoms with van der Waals surface area (Å²) < 4.78 is 47.5. The fourth-order valence-corrected chi connectivity index (χ4v) is 1.02. The number of hydrogen-bond donors (Lipinski definition) is 1. The van der Waals surface area contributed by atoms with Crippen LogP contribution in [0.25, 0.3) is 0 Å². The van der Waals surface area contributed by atoms with E-state index in [1.807, 2.05) is 0 Å². The predicted molar refractivity (Wildman–Crippen MR) is 62.7 cm³/mol. The van der Waals surface area contributed by atoms with Gasteiger partial charge in [0, 0.05) is 0 Å². The number of ether oxygens (including phenoxy) is 2. The zero-order valence-corrected chi connectivity index (χ0v) is 12.0. The molecular formula is C12H19F3O5. The lowest BCUT2D eigenvalue weighted by atomic mass is 10.0. The minimum Gasteiger partial charge on any atom is -0.460 e. The summed E-state index contributed by atoms with van der Waals surface area (Å²) in [5, 5.41) is 9.52. The van der Waals surface area contributed by atoms with E-state index in [9.17, 15) is 27.9 Å². The third kappa shape index (κ3) is 4.36. The molecule has 0 rings (SSSR count). The lowest BCUT2D eigenvalue weighted by molar-refractivity contribution is -0.268. The van der Waals surface area contributed by atoms with E-state index in [0.717, 1.165) is 0 Å². The van der Waals surface area contributed by atoms with Gasteiger partial charge in [0.2, 0.25) is 0 Å². The van der Waals surface area contributed by atoms with Gasteiger partial charge < -0.3 is 14.6 Å². The van der Waals surface area contributed by atoms with Crippen molar-refractivity contribution in [2.24, 2.45) is 0 Å². The molecule has 2 unspecified atom stereocenters. The lowest BCUT2D eigenvalue weighted by Crippen LogP contribution is -2.61. The van der Waals surface area contributed by atoms with Gasteiger partial charge >= 0.3 is 23.7 Å². The van der Waals surface area contributed by atoms with Crippen molar-refractivity contribution in [3.63, 3.8) is 0 Å². The van der Waals surface area contributed by atoms with Crippen LogP contribution in [0, 0.1) is 0 Å². The maximum absolute atomic E-state index is 12.9. The summed E-state index contributed by atoms with van der Waals surface area (Å²) in [6.07, 6.45) is -6.19. The molecule has 5 nitrogen and oxygen atoms in total. The van der Waals surface area contributed by atoms with Crippen LogP contribution in [-0.4, -0.2) is 40.5 Å². The van der Waals surface area contributed by atoms with Crippen LogP contribution in [-0.2, 0) is 19.1 Å². The first-order chi connectivity index (χ1) is 8.75. The topological polar surface area (TPSA) is 72.8 Å². The summed E-state index contributed by atoms with van der Waals surface area (Å²) >= 11 is 0. The second kappa shape index (κ2) is 5.99. The van der Waals surface area contributed by atoms with Gasteiger partial charge in [0.05, 0.1) is 6.10 Å². The molecule has 0 bridgehead atoms. The van der Waals surface area contributed by atoms with Crippen molar-refractivity contribution < 1.29 is 37.3 Å². The zero-order valence-electron chi connectivity index (χ0n) is 12.0. The van der Waals surface area contributed by atoms with Crippen LogP contribution < -0.4 is 0 Å². The molecule has 0 aliphatic rings. The van der Waals surface area contributed by atoms with Gasteiger partial charge in [-0.1, -0.05) is 6.92 Å². The lowest BCUT2D eigenvalue weighted by Gasteiger charge is -2.30. The Morgan fingerprint density at radius 2 is 1.60 bits per heavy atom. The molecule has 1 N–H and O–H groups in total. The SMILES string of the molecule is CCC(C)OC(=O)C(O)(C(=O)OC(C)(C)C)C(F)(F)F. The fraction of sp³-hybridized carbons (Fsp3) is 0.833. The van der Waals surface area contributed by atoms with E-state index in [2.05, 4.69) is 9.47 Å². The van der Waals surface area contributed by atoms with Gasteiger partial charge in [0.1, 0.15) is 5.60 Å². The third-order valence-corrected chi connectivity index (χ3v) is 2.28. The van der Waals surface area contributed by atoms with Crippen LogP contribution >= 0.6 is 0 Å². The number of halogens is 3. The highest BCUT2D eigenvalue weighted by Gasteiger charge is 2.68. The standard InChI is InChI=1S/C12H19F3O5/c1-6-7(2)19-8(16)11(18,12(13,14)15)9(17)20-10(3,4)5/h7,18H,6H2,1-5H3. The number of hydrogen-bond acceptors (Lipinski definition) is 5. The molecule has 0 amide bonds. The maximum Gasteiger partial charge on any atom is 0.439 e. The second-order valence-corrected chi connectivity index (χ2v) is 5.33. The molecule has 0 radical (unpaired) electrons. The van der Waals surface area contributed by atoms with Crippen LogP contribution in [0.4, 0.5) is 13.2 Å². The van der Waals surface area contributed by atoms with Crippen molar-refractivity contribution in [1.29, 1.82) is 0 Å². The second-order valence-electron chi connectivity index (χ2n) is 5.33. The smallest absolute Gasteiger partial charge is 0.439 e. The molecule has 0 aliphatic heterocycles. The number of alkyl halides is 3. The summed E-state index contributed by atoms with van der Waals surface area (Å²) in [7, 11) is 0. The van der Waals surface area contributed by atoms with Gasteiger partial charge in [0.25, 0.3) is 0 Å². The molecule has 0 aliphatic carbocycles. The monoisotopic (exact) mass is 300 g/mol. The average molecular weight is 300 g/mol. The molecular weight excluding hydrogens is 281 g/mol. The minimum atomic E-state index is -5.54. The normalized spacial score (nSPS) is 17.1. The van der Waals surface area contributed by atoms with Crippen molar-refractivity contribution in [3.8, 4) is 0 Å². The van der Waals surface area contributed by atoms with E-state index in [1.165, 1.54) is 27.7 Å². The van der Waals surface area contributed by atoms with E-state index < -0.39 is 35.4 Å². The van der Waals surface area contributed by atoms with Crippen LogP contribution in [0.3, 0.4) is 0 Å². The highest BCUT2D eigenvalue weighted by Crippen LogP contribution is 2.34. The molecule has 20 heavy (non-hydrogen) atoms. The molecule has 2 atom stereocenters. The van der Waals surface area contributed by atoms with Crippen LogP contribution in [0.1, 0.15) is 41.0 Å². The molecule has 118 valence electrons. The van der Waals surface area contributed by atoms with E-state index >= 15 is 0 Å². The van der Waals surface area contributed by atoms with E-state index in [-0.39, 0.29) is 6.42 Å². The number of esters is 2. The van der Waals surface area contributed by atoms with Crippen LogP contribution in [0.5, 0.6) is 0 Å². The summed E-state index contributed by atoms with van der Waals surface area (Å²) in [6.45, 7) is 6.83. The molecule has 0 aromatic rings. The minimum absolute atomic E-state index is 0.230. The summed E-state index contributed by atoms with van der Waals surface area (Å²) in [4.78, 5) is 23.1. The first kappa shape index (κ1) is 18.7. The summed E-state index contributed by atoms with van der Waals surface area (Å²) in [6, 6.07) is 0. The average Bonchev–Trinajstić information content (AvgIpc) is 2.23. The Balaban J connectivity index is 5.43. The largest absolute Gasteiger partial charge is 0.460 e. The first-order valence-corrected chi connectivity index (χ1v) is 5.99. The van der Waals surface area contributed by atoms with Crippen LogP contribution in [0.2, 0.25) is 0 Å². The zero-order chi connectivity index (χ0) is 16.4. The van der Waals surface area contributed by atoms with Crippen LogP contribution in [0.15, 0.2) is 0 Å². The highest BCUT2D eigenvalue weighted by molar-refractivity contribution is 6.04. The van der Waals surface area contributed by atoms with E-state index in [1.54, 1.807) is 6.92 Å². The third-order valence-electron chi connectivity index (χ3n) is 2.28. The molecule has 0 saturated heterocycles. The fourth-order valence-electron chi connectivity index (χ4n) is 1.02. The number of carbonyl (C=O) groups excluding carboxylic acids is 2. The Morgan fingerprint density at radius 3 is 1.90 bits per heavy atom. The Morgan fingerprint density at radius 1 is 1.15 bits per heavy atom. The molecule has 0 saturated carbocycles. The van der Waals surface area contributed by atoms with Crippen molar-refractivity contribution in [1.82, 2.24) is 0 Å². The van der Waals surface area contributed by atoms with Gasteiger partial charge in [0.15, 0.2) is 0 Å². The van der Waals surface area contributed by atoms with Crippen molar-refractivity contribution in [3.05, 3.63) is 0 Å². The maximum atomic E-state index is 12.9. The van der Waals surface area contributed by atoms with Crippen molar-refractivity contribution in [2.45, 2.75) is 64.5 Å². The van der Waals surface area contributed by atoms with Gasteiger partial charge in [-0.2, -0.15) is 13.2 Å². The number of rotatable bonds is 4. The molecule has 8 heteroatoms. The van der Waals surface area contributed by atoms with Gasteiger partial charge in [-0.15, -0.1) is 0 Å². The van der Waals surface area contributed by atoms with Gasteiger partial charge in [-0.25, -0.2) is 9.59 Å². The van der Waals surface area contributed by atoms with Gasteiger partial charge in [-0.3, -0.25) is 0 Å². The number of aliphatic hydroxyl groups is 1. The Hall–Kier alpha value is -1.31. The molecule has 0 spiro atoms. The van der Waals surface area contributed by atoms with Crippen molar-refractivity contribution >= 4 is 11.9 Å². The molecule has 0 heterocycles. The van der Waals surface area contributed by atoms with E-state index in [0.29, 0.717) is 0 Å². The predicted octanol–water partition coefficient (Wildman–Crippen LogP) is 1.96. The highest BCUT2D eigenvalue weighted by atomic mass is 19.4.